The van der Waals surface area contributed by atoms with E-state index >= 15 is 0 Å². The molecule has 1 saturated carbocycles. The third-order valence-corrected chi connectivity index (χ3v) is 4.75. The SMILES string of the molecule is CC(C)(C)C.CC(C)CCc1ccc(OC(OC2CCCCC2)C(C)(C)C)cc1. The summed E-state index contributed by atoms with van der Waals surface area (Å²) in [5.74, 6) is 1.66. The molecule has 2 rings (SSSR count). The lowest BCUT2D eigenvalue weighted by Gasteiger charge is -2.35. The number of hydrogen-bond donors (Lipinski definition) is 0. The molecule has 0 aromatic heterocycles. The molecule has 1 aliphatic carbocycles. The van der Waals surface area contributed by atoms with Crippen LogP contribution in [0.2, 0.25) is 0 Å². The molecule has 0 heterocycles. The topological polar surface area (TPSA) is 18.5 Å². The molecule has 2 heteroatoms. The lowest BCUT2D eigenvalue weighted by Crippen LogP contribution is -2.38. The van der Waals surface area contributed by atoms with E-state index in [-0.39, 0.29) is 11.7 Å². The molecule has 0 saturated heterocycles. The molecule has 1 atom stereocenters. The zero-order valence-corrected chi connectivity index (χ0v) is 20.8. The summed E-state index contributed by atoms with van der Waals surface area (Å²) in [6, 6.07) is 8.58. The third kappa shape index (κ3) is 13.0. The molecule has 0 bridgehead atoms. The molecule has 1 unspecified atom stereocenters. The quantitative estimate of drug-likeness (QED) is 0.424. The first-order valence-corrected chi connectivity index (χ1v) is 11.8. The smallest absolute Gasteiger partial charge is 0.204 e. The maximum atomic E-state index is 6.35. The van der Waals surface area contributed by atoms with Crippen LogP contribution < -0.4 is 4.74 Å². The van der Waals surface area contributed by atoms with Gasteiger partial charge in [0, 0.05) is 5.41 Å². The number of rotatable bonds is 7. The molecule has 168 valence electrons. The van der Waals surface area contributed by atoms with Crippen LogP contribution in [-0.2, 0) is 11.2 Å². The predicted octanol–water partition coefficient (Wildman–Crippen LogP) is 8.43. The lowest BCUT2D eigenvalue weighted by molar-refractivity contribution is -0.177. The van der Waals surface area contributed by atoms with Crippen molar-refractivity contribution in [2.45, 2.75) is 120 Å². The normalized spacial score (nSPS) is 16.9. The van der Waals surface area contributed by atoms with E-state index in [1.807, 2.05) is 0 Å². The van der Waals surface area contributed by atoms with E-state index in [4.69, 9.17) is 9.47 Å². The van der Waals surface area contributed by atoms with Gasteiger partial charge in [-0.2, -0.15) is 0 Å². The molecule has 0 aliphatic heterocycles. The van der Waals surface area contributed by atoms with Crippen LogP contribution in [0.4, 0.5) is 0 Å². The van der Waals surface area contributed by atoms with Crippen molar-refractivity contribution in [3.05, 3.63) is 29.8 Å². The Kier molecular flexibility index (Phi) is 10.8. The molecule has 1 aromatic rings. The molecule has 1 fully saturated rings. The van der Waals surface area contributed by atoms with Gasteiger partial charge >= 0.3 is 0 Å². The van der Waals surface area contributed by atoms with Crippen molar-refractivity contribution in [1.82, 2.24) is 0 Å². The maximum Gasteiger partial charge on any atom is 0.204 e. The van der Waals surface area contributed by atoms with Gasteiger partial charge in [0.1, 0.15) is 5.75 Å². The fraction of sp³-hybridized carbons (Fsp3) is 0.778. The van der Waals surface area contributed by atoms with Crippen LogP contribution in [-0.4, -0.2) is 12.4 Å². The van der Waals surface area contributed by atoms with Crippen LogP contribution >= 0.6 is 0 Å². The minimum Gasteiger partial charge on any atom is -0.464 e. The molecular formula is C27H48O2. The first-order chi connectivity index (χ1) is 13.3. The van der Waals surface area contributed by atoms with Gasteiger partial charge in [-0.25, -0.2) is 0 Å². The molecule has 1 aromatic carbocycles. The largest absolute Gasteiger partial charge is 0.464 e. The van der Waals surface area contributed by atoms with Gasteiger partial charge in [-0.15, -0.1) is 0 Å². The zero-order valence-electron chi connectivity index (χ0n) is 20.8. The van der Waals surface area contributed by atoms with Crippen molar-refractivity contribution in [2.24, 2.45) is 16.7 Å². The van der Waals surface area contributed by atoms with Gasteiger partial charge in [-0.1, -0.05) is 93.7 Å². The van der Waals surface area contributed by atoms with Gasteiger partial charge in [0.2, 0.25) is 6.29 Å². The summed E-state index contributed by atoms with van der Waals surface area (Å²) >= 11 is 0. The Bertz CT molecular complexity index is 533. The van der Waals surface area contributed by atoms with E-state index in [2.05, 4.69) is 86.6 Å². The average Bonchev–Trinajstić information content (AvgIpc) is 2.59. The molecule has 29 heavy (non-hydrogen) atoms. The minimum absolute atomic E-state index is 0.0340. The monoisotopic (exact) mass is 404 g/mol. The van der Waals surface area contributed by atoms with Crippen molar-refractivity contribution in [1.29, 1.82) is 0 Å². The van der Waals surface area contributed by atoms with E-state index < -0.39 is 0 Å². The van der Waals surface area contributed by atoms with Crippen molar-refractivity contribution >= 4 is 0 Å². The summed E-state index contributed by atoms with van der Waals surface area (Å²) < 4.78 is 12.6. The van der Waals surface area contributed by atoms with Crippen LogP contribution in [0.3, 0.4) is 0 Å². The van der Waals surface area contributed by atoms with E-state index in [9.17, 15) is 0 Å². The maximum absolute atomic E-state index is 6.35. The van der Waals surface area contributed by atoms with Crippen molar-refractivity contribution < 1.29 is 9.47 Å². The van der Waals surface area contributed by atoms with Gasteiger partial charge in [0.15, 0.2) is 0 Å². The molecular weight excluding hydrogens is 356 g/mol. The third-order valence-electron chi connectivity index (χ3n) is 4.75. The Labute approximate surface area is 181 Å². The van der Waals surface area contributed by atoms with Gasteiger partial charge < -0.3 is 9.47 Å². The average molecular weight is 405 g/mol. The van der Waals surface area contributed by atoms with Crippen LogP contribution in [0.15, 0.2) is 24.3 Å². The fourth-order valence-electron chi connectivity index (χ4n) is 3.10. The van der Waals surface area contributed by atoms with Crippen LogP contribution in [0.1, 0.15) is 106 Å². The Hall–Kier alpha value is -1.02. The van der Waals surface area contributed by atoms with Gasteiger partial charge in [-0.05, 0) is 54.7 Å². The number of ether oxygens (including phenoxy) is 2. The second-order valence-corrected chi connectivity index (χ2v) is 11.8. The van der Waals surface area contributed by atoms with Crippen LogP contribution in [0.25, 0.3) is 0 Å². The van der Waals surface area contributed by atoms with E-state index in [0.717, 1.165) is 18.1 Å². The summed E-state index contributed by atoms with van der Waals surface area (Å²) in [6.45, 7) is 19.9. The van der Waals surface area contributed by atoms with E-state index in [0.29, 0.717) is 11.5 Å². The Morgan fingerprint density at radius 2 is 1.38 bits per heavy atom. The molecule has 0 spiro atoms. The van der Waals surface area contributed by atoms with Crippen molar-refractivity contribution in [3.63, 3.8) is 0 Å². The molecule has 0 N–H and O–H groups in total. The molecule has 1 aliphatic rings. The number of benzene rings is 1. The highest BCUT2D eigenvalue weighted by Crippen LogP contribution is 2.30. The fourth-order valence-corrected chi connectivity index (χ4v) is 3.10. The van der Waals surface area contributed by atoms with Crippen molar-refractivity contribution in [2.75, 3.05) is 0 Å². The van der Waals surface area contributed by atoms with Gasteiger partial charge in [0.25, 0.3) is 0 Å². The molecule has 0 amide bonds. The van der Waals surface area contributed by atoms with E-state index in [1.54, 1.807) is 0 Å². The van der Waals surface area contributed by atoms with Crippen molar-refractivity contribution in [3.8, 4) is 5.75 Å². The first-order valence-electron chi connectivity index (χ1n) is 11.8. The molecule has 2 nitrogen and oxygen atoms in total. The zero-order chi connectivity index (χ0) is 22.1. The Morgan fingerprint density at radius 3 is 1.83 bits per heavy atom. The highest BCUT2D eigenvalue weighted by molar-refractivity contribution is 5.27. The minimum atomic E-state index is -0.192. The van der Waals surface area contributed by atoms with Gasteiger partial charge in [0.05, 0.1) is 6.10 Å². The summed E-state index contributed by atoms with van der Waals surface area (Å²) in [5.41, 5.74) is 1.85. The second-order valence-electron chi connectivity index (χ2n) is 11.8. The highest BCUT2D eigenvalue weighted by Gasteiger charge is 2.31. The van der Waals surface area contributed by atoms with Crippen LogP contribution in [0.5, 0.6) is 5.75 Å². The summed E-state index contributed by atoms with van der Waals surface area (Å²) in [5, 5.41) is 0. The summed E-state index contributed by atoms with van der Waals surface area (Å²) in [7, 11) is 0. The lowest BCUT2D eigenvalue weighted by atomic mass is 9.94. The Morgan fingerprint density at radius 1 is 0.862 bits per heavy atom. The van der Waals surface area contributed by atoms with Crippen LogP contribution in [0, 0.1) is 16.7 Å². The second kappa shape index (κ2) is 12.0. The number of aryl methyl sites for hydroxylation is 1. The van der Waals surface area contributed by atoms with Gasteiger partial charge in [-0.3, -0.25) is 0 Å². The predicted molar refractivity (Wildman–Crippen MR) is 127 cm³/mol. The van der Waals surface area contributed by atoms with E-state index in [1.165, 1.54) is 44.1 Å². The first kappa shape index (κ1) is 26.0. The Balaban J connectivity index is 0.000000749. The summed E-state index contributed by atoms with van der Waals surface area (Å²) in [4.78, 5) is 0. The number of hydrogen-bond acceptors (Lipinski definition) is 2. The highest BCUT2D eigenvalue weighted by atomic mass is 16.7. The molecule has 0 radical (unpaired) electrons. The standard InChI is InChI=1S/C22H36O2.C5H12/c1-17(2)11-12-18-13-15-20(16-14-18)24-21(22(3,4)5)23-19-9-7-6-8-10-19;1-5(2,3)4/h13-17,19,21H,6-12H2,1-5H3;1-4H3. The summed E-state index contributed by atoms with van der Waals surface area (Å²) in [6.07, 6.45) is 8.79.